The van der Waals surface area contributed by atoms with Crippen LogP contribution in [0, 0.1) is 11.3 Å². The summed E-state index contributed by atoms with van der Waals surface area (Å²) < 4.78 is 0. The van der Waals surface area contributed by atoms with Crippen molar-refractivity contribution in [1.29, 1.82) is 5.26 Å². The highest BCUT2D eigenvalue weighted by Gasteiger charge is 2.03. The van der Waals surface area contributed by atoms with Crippen molar-refractivity contribution in [2.24, 2.45) is 0 Å². The van der Waals surface area contributed by atoms with Crippen LogP contribution < -0.4 is 5.32 Å². The van der Waals surface area contributed by atoms with E-state index in [1.807, 2.05) is 24.3 Å². The number of nitrogens with one attached hydrogen (secondary N) is 1. The molecule has 1 unspecified atom stereocenters. The number of unbranched alkanes of at least 4 members (excludes halogenated alkanes) is 3. The van der Waals surface area contributed by atoms with Crippen LogP contribution in [0.1, 0.15) is 49.8 Å². The lowest BCUT2D eigenvalue weighted by molar-refractivity contribution is 0.282. The lowest BCUT2D eigenvalue weighted by Gasteiger charge is -2.14. The van der Waals surface area contributed by atoms with Crippen molar-refractivity contribution in [3.05, 3.63) is 35.4 Å². The van der Waals surface area contributed by atoms with Crippen molar-refractivity contribution in [3.63, 3.8) is 0 Å². The quantitative estimate of drug-likeness (QED) is 0.693. The van der Waals surface area contributed by atoms with Gasteiger partial charge in [-0.25, -0.2) is 0 Å². The number of aliphatic hydroxyl groups excluding tert-OH is 1. The molecule has 1 aromatic carbocycles. The molecular weight excluding hydrogens is 224 g/mol. The van der Waals surface area contributed by atoms with Crippen molar-refractivity contribution >= 4 is 0 Å². The fourth-order valence-electron chi connectivity index (χ4n) is 1.87. The van der Waals surface area contributed by atoms with E-state index in [0.29, 0.717) is 18.2 Å². The van der Waals surface area contributed by atoms with Crippen molar-refractivity contribution in [1.82, 2.24) is 5.32 Å². The van der Waals surface area contributed by atoms with Gasteiger partial charge >= 0.3 is 0 Å². The topological polar surface area (TPSA) is 56.0 Å². The Hall–Kier alpha value is -1.37. The van der Waals surface area contributed by atoms with E-state index < -0.39 is 0 Å². The third-order valence-electron chi connectivity index (χ3n) is 3.08. The molecule has 0 saturated carbocycles. The standard InChI is InChI=1S/C15H22N2O/c1-13(17-10-4-2-3-5-11-18)15-8-6-14(12-16)7-9-15/h6-9,13,17-18H,2-5,10-11H2,1H3. The number of nitriles is 1. The minimum atomic E-state index is 0.301. The molecule has 98 valence electrons. The number of hydrogen-bond donors (Lipinski definition) is 2. The highest BCUT2D eigenvalue weighted by atomic mass is 16.2. The Labute approximate surface area is 109 Å². The van der Waals surface area contributed by atoms with E-state index in [1.54, 1.807) is 0 Å². The number of aliphatic hydroxyl groups is 1. The summed E-state index contributed by atoms with van der Waals surface area (Å²) in [5.74, 6) is 0. The fourth-order valence-corrected chi connectivity index (χ4v) is 1.87. The van der Waals surface area contributed by atoms with Gasteiger partial charge < -0.3 is 10.4 Å². The molecule has 1 rings (SSSR count). The second-order valence-electron chi connectivity index (χ2n) is 4.55. The van der Waals surface area contributed by atoms with Crippen LogP contribution in [0.4, 0.5) is 0 Å². The number of nitrogens with zero attached hydrogens (tertiary/aromatic N) is 1. The van der Waals surface area contributed by atoms with Crippen LogP contribution in [-0.2, 0) is 0 Å². The predicted octanol–water partition coefficient (Wildman–Crippen LogP) is 2.76. The van der Waals surface area contributed by atoms with E-state index in [9.17, 15) is 0 Å². The zero-order valence-corrected chi connectivity index (χ0v) is 11.0. The first-order valence-corrected chi connectivity index (χ1v) is 6.62. The zero-order chi connectivity index (χ0) is 13.2. The summed E-state index contributed by atoms with van der Waals surface area (Å²) in [6.07, 6.45) is 4.31. The van der Waals surface area contributed by atoms with E-state index in [1.165, 1.54) is 5.56 Å². The molecule has 3 nitrogen and oxygen atoms in total. The minimum absolute atomic E-state index is 0.301. The van der Waals surface area contributed by atoms with Crippen molar-refractivity contribution < 1.29 is 5.11 Å². The van der Waals surface area contributed by atoms with Crippen LogP contribution in [0.2, 0.25) is 0 Å². The molecule has 0 saturated heterocycles. The first-order valence-electron chi connectivity index (χ1n) is 6.62. The maximum absolute atomic E-state index is 8.73. The summed E-state index contributed by atoms with van der Waals surface area (Å²) in [7, 11) is 0. The van der Waals surface area contributed by atoms with Crippen LogP contribution in [-0.4, -0.2) is 18.3 Å². The summed E-state index contributed by atoms with van der Waals surface area (Å²) in [6.45, 7) is 3.43. The average Bonchev–Trinajstić information content (AvgIpc) is 2.42. The van der Waals surface area contributed by atoms with Crippen LogP contribution in [0.5, 0.6) is 0 Å². The van der Waals surface area contributed by atoms with E-state index in [-0.39, 0.29) is 0 Å². The van der Waals surface area contributed by atoms with Gasteiger partial charge in [0.15, 0.2) is 0 Å². The van der Waals surface area contributed by atoms with Crippen LogP contribution in [0.3, 0.4) is 0 Å². The molecule has 0 radical (unpaired) electrons. The molecule has 0 aliphatic carbocycles. The van der Waals surface area contributed by atoms with Gasteiger partial charge in [-0.2, -0.15) is 5.26 Å². The maximum atomic E-state index is 8.73. The van der Waals surface area contributed by atoms with Crippen LogP contribution in [0.25, 0.3) is 0 Å². The molecular formula is C15H22N2O. The monoisotopic (exact) mass is 246 g/mol. The van der Waals surface area contributed by atoms with Crippen molar-refractivity contribution in [2.75, 3.05) is 13.2 Å². The Balaban J connectivity index is 2.23. The second kappa shape index (κ2) is 8.68. The van der Waals surface area contributed by atoms with Crippen molar-refractivity contribution in [3.8, 4) is 6.07 Å². The predicted molar refractivity (Wildman–Crippen MR) is 73.1 cm³/mol. The minimum Gasteiger partial charge on any atom is -0.396 e. The first-order chi connectivity index (χ1) is 8.77. The Kier molecular flexibility index (Phi) is 7.09. The first kappa shape index (κ1) is 14.7. The van der Waals surface area contributed by atoms with Gasteiger partial charge in [0.2, 0.25) is 0 Å². The van der Waals surface area contributed by atoms with Gasteiger partial charge in [-0.3, -0.25) is 0 Å². The molecule has 1 aromatic rings. The molecule has 3 heteroatoms. The summed E-state index contributed by atoms with van der Waals surface area (Å²) in [6, 6.07) is 10.2. The van der Waals surface area contributed by atoms with Gasteiger partial charge in [-0.15, -0.1) is 0 Å². The molecule has 0 amide bonds. The molecule has 1 atom stereocenters. The van der Waals surface area contributed by atoms with Gasteiger partial charge in [0.1, 0.15) is 0 Å². The van der Waals surface area contributed by atoms with Gasteiger partial charge in [-0.1, -0.05) is 25.0 Å². The smallest absolute Gasteiger partial charge is 0.0991 e. The molecule has 2 N–H and O–H groups in total. The van der Waals surface area contributed by atoms with Crippen LogP contribution in [0.15, 0.2) is 24.3 Å². The second-order valence-corrected chi connectivity index (χ2v) is 4.55. The summed E-state index contributed by atoms with van der Waals surface area (Å²) in [5, 5.41) is 20.9. The molecule has 0 bridgehead atoms. The summed E-state index contributed by atoms with van der Waals surface area (Å²) in [5.41, 5.74) is 1.92. The van der Waals surface area contributed by atoms with Gasteiger partial charge in [0.25, 0.3) is 0 Å². The highest BCUT2D eigenvalue weighted by Crippen LogP contribution is 2.13. The molecule has 18 heavy (non-hydrogen) atoms. The summed E-state index contributed by atoms with van der Waals surface area (Å²) in [4.78, 5) is 0. The Morgan fingerprint density at radius 1 is 1.17 bits per heavy atom. The summed E-state index contributed by atoms with van der Waals surface area (Å²) >= 11 is 0. The van der Waals surface area contributed by atoms with Gasteiger partial charge in [0, 0.05) is 12.6 Å². The SMILES string of the molecule is CC(NCCCCCCO)c1ccc(C#N)cc1. The Bertz CT molecular complexity index is 367. The maximum Gasteiger partial charge on any atom is 0.0991 e. The normalized spacial score (nSPS) is 12.1. The third kappa shape index (κ3) is 5.31. The number of rotatable bonds is 8. The van der Waals surface area contributed by atoms with E-state index >= 15 is 0 Å². The lowest BCUT2D eigenvalue weighted by Crippen LogP contribution is -2.19. The Morgan fingerprint density at radius 2 is 1.83 bits per heavy atom. The molecule has 0 fully saturated rings. The Morgan fingerprint density at radius 3 is 2.44 bits per heavy atom. The van der Waals surface area contributed by atoms with Gasteiger partial charge in [-0.05, 0) is 44.0 Å². The van der Waals surface area contributed by atoms with E-state index in [0.717, 1.165) is 32.2 Å². The fraction of sp³-hybridized carbons (Fsp3) is 0.533. The molecule has 0 spiro atoms. The molecule has 0 aliphatic heterocycles. The lowest BCUT2D eigenvalue weighted by atomic mass is 10.1. The highest BCUT2D eigenvalue weighted by molar-refractivity contribution is 5.32. The third-order valence-corrected chi connectivity index (χ3v) is 3.08. The molecule has 0 heterocycles. The zero-order valence-electron chi connectivity index (χ0n) is 11.0. The van der Waals surface area contributed by atoms with Crippen molar-refractivity contribution in [2.45, 2.75) is 38.6 Å². The number of benzene rings is 1. The molecule has 0 aliphatic rings. The average molecular weight is 246 g/mol. The molecule has 0 aromatic heterocycles. The van der Waals surface area contributed by atoms with E-state index in [4.69, 9.17) is 10.4 Å². The van der Waals surface area contributed by atoms with Gasteiger partial charge in [0.05, 0.1) is 11.6 Å². The number of hydrogen-bond acceptors (Lipinski definition) is 3. The largest absolute Gasteiger partial charge is 0.396 e. The van der Waals surface area contributed by atoms with E-state index in [2.05, 4.69) is 18.3 Å². The van der Waals surface area contributed by atoms with Crippen LogP contribution >= 0.6 is 0 Å².